The number of hydrogen-bond donors (Lipinski definition) is 0. The van der Waals surface area contributed by atoms with Crippen LogP contribution in [0, 0.1) is 0 Å². The van der Waals surface area contributed by atoms with Crippen LogP contribution < -0.4 is 0 Å². The molecule has 1 aliphatic rings. The van der Waals surface area contributed by atoms with E-state index in [2.05, 4.69) is 0 Å². The minimum absolute atomic E-state index is 0.339. The number of morpholine rings is 1. The number of ether oxygens (including phenoxy) is 1. The largest absolute Gasteiger partial charge is 0.378 e. The van der Waals surface area contributed by atoms with E-state index in [-0.39, 0.29) is 0 Å². The first-order valence-corrected chi connectivity index (χ1v) is 3.16. The number of aldehydes is 1. The molecule has 1 saturated heterocycles. The van der Waals surface area contributed by atoms with Gasteiger partial charge in [-0.2, -0.15) is 0 Å². The third-order valence-electron chi connectivity index (χ3n) is 1.42. The average molecular weight is 143 g/mol. The van der Waals surface area contributed by atoms with Crippen LogP contribution in [-0.4, -0.2) is 43.4 Å². The smallest absolute Gasteiger partial charge is 0.286 e. The zero-order valence-electron chi connectivity index (χ0n) is 5.58. The van der Waals surface area contributed by atoms with E-state index in [9.17, 15) is 9.59 Å². The van der Waals surface area contributed by atoms with E-state index < -0.39 is 5.91 Å². The van der Waals surface area contributed by atoms with Gasteiger partial charge in [-0.1, -0.05) is 0 Å². The van der Waals surface area contributed by atoms with Gasteiger partial charge in [0.15, 0.2) is 0 Å². The number of carbonyl (C=O) groups excluding carboxylic acids is 2. The molecule has 0 bridgehead atoms. The van der Waals surface area contributed by atoms with Crippen molar-refractivity contribution in [2.45, 2.75) is 0 Å². The highest BCUT2D eigenvalue weighted by atomic mass is 16.5. The van der Waals surface area contributed by atoms with Crippen LogP contribution in [0.4, 0.5) is 0 Å². The predicted octanol–water partition coefficient (Wildman–Crippen LogP) is -0.956. The molecular formula is C6H9NO3. The van der Waals surface area contributed by atoms with Crippen LogP contribution in [0.25, 0.3) is 0 Å². The minimum Gasteiger partial charge on any atom is -0.378 e. The summed E-state index contributed by atoms with van der Waals surface area (Å²) in [5, 5.41) is 0. The van der Waals surface area contributed by atoms with Gasteiger partial charge in [-0.3, -0.25) is 9.59 Å². The number of hydrogen-bond acceptors (Lipinski definition) is 3. The predicted molar refractivity (Wildman–Crippen MR) is 33.5 cm³/mol. The molecule has 0 unspecified atom stereocenters. The Labute approximate surface area is 58.8 Å². The first-order valence-electron chi connectivity index (χ1n) is 3.16. The molecule has 4 heteroatoms. The van der Waals surface area contributed by atoms with Crippen molar-refractivity contribution in [3.05, 3.63) is 0 Å². The second kappa shape index (κ2) is 3.31. The van der Waals surface area contributed by atoms with Gasteiger partial charge < -0.3 is 9.64 Å². The molecule has 1 rings (SSSR count). The maximum atomic E-state index is 10.7. The zero-order valence-corrected chi connectivity index (χ0v) is 5.58. The number of amides is 1. The van der Waals surface area contributed by atoms with Crippen LogP contribution in [0.1, 0.15) is 0 Å². The summed E-state index contributed by atoms with van der Waals surface area (Å²) in [6, 6.07) is 0. The molecule has 0 N–H and O–H groups in total. The van der Waals surface area contributed by atoms with Crippen molar-refractivity contribution in [2.24, 2.45) is 0 Å². The Balaban J connectivity index is 2.38. The van der Waals surface area contributed by atoms with Gasteiger partial charge in [-0.25, -0.2) is 0 Å². The van der Waals surface area contributed by atoms with E-state index in [4.69, 9.17) is 4.74 Å². The molecule has 1 heterocycles. The molecule has 1 fully saturated rings. The zero-order chi connectivity index (χ0) is 7.40. The fraction of sp³-hybridized carbons (Fsp3) is 0.667. The molecule has 0 aromatic carbocycles. The summed E-state index contributed by atoms with van der Waals surface area (Å²) in [4.78, 5) is 22.1. The number of carbonyl (C=O) groups is 2. The lowest BCUT2D eigenvalue weighted by atomic mass is 10.4. The van der Waals surface area contributed by atoms with E-state index >= 15 is 0 Å². The summed E-state index contributed by atoms with van der Waals surface area (Å²) in [7, 11) is 0. The van der Waals surface area contributed by atoms with Crippen LogP contribution in [0.15, 0.2) is 0 Å². The lowest BCUT2D eigenvalue weighted by molar-refractivity contribution is -0.141. The van der Waals surface area contributed by atoms with E-state index in [1.807, 2.05) is 0 Å². The Morgan fingerprint density at radius 2 is 2.00 bits per heavy atom. The fourth-order valence-electron chi connectivity index (χ4n) is 0.858. The molecule has 0 atom stereocenters. The van der Waals surface area contributed by atoms with Crippen LogP contribution in [0.2, 0.25) is 0 Å². The molecule has 0 saturated carbocycles. The van der Waals surface area contributed by atoms with Gasteiger partial charge in [-0.15, -0.1) is 0 Å². The summed E-state index contributed by atoms with van der Waals surface area (Å²) >= 11 is 0. The molecule has 0 aromatic rings. The first kappa shape index (κ1) is 7.21. The standard InChI is InChI=1S/C6H9NO3/c8-5-6(9)7-1-3-10-4-2-7/h5H,1-4H2. The Morgan fingerprint density at radius 3 is 2.50 bits per heavy atom. The molecular weight excluding hydrogens is 134 g/mol. The van der Waals surface area contributed by atoms with Gasteiger partial charge in [0.25, 0.3) is 5.91 Å². The van der Waals surface area contributed by atoms with E-state index in [1.54, 1.807) is 0 Å². The van der Waals surface area contributed by atoms with Crippen molar-refractivity contribution >= 4 is 12.2 Å². The Hall–Kier alpha value is -0.900. The summed E-state index contributed by atoms with van der Waals surface area (Å²) in [5.74, 6) is -0.441. The van der Waals surface area contributed by atoms with E-state index in [0.717, 1.165) is 0 Å². The maximum Gasteiger partial charge on any atom is 0.286 e. The first-order chi connectivity index (χ1) is 4.84. The average Bonchev–Trinajstić information content (AvgIpc) is 2.05. The lowest BCUT2D eigenvalue weighted by Gasteiger charge is -2.24. The Kier molecular flexibility index (Phi) is 2.39. The van der Waals surface area contributed by atoms with Gasteiger partial charge in [0.1, 0.15) is 0 Å². The SMILES string of the molecule is O=CC(=O)N1CCOCC1. The van der Waals surface area contributed by atoms with Gasteiger partial charge in [0, 0.05) is 13.1 Å². The van der Waals surface area contributed by atoms with Gasteiger partial charge in [0.05, 0.1) is 13.2 Å². The molecule has 0 aliphatic carbocycles. The van der Waals surface area contributed by atoms with Crippen molar-refractivity contribution in [3.63, 3.8) is 0 Å². The second-order valence-electron chi connectivity index (χ2n) is 2.06. The van der Waals surface area contributed by atoms with Crippen molar-refractivity contribution in [1.29, 1.82) is 0 Å². The molecule has 4 nitrogen and oxygen atoms in total. The van der Waals surface area contributed by atoms with Crippen molar-refractivity contribution in [2.75, 3.05) is 26.3 Å². The lowest BCUT2D eigenvalue weighted by Crippen LogP contribution is -2.41. The van der Waals surface area contributed by atoms with Crippen LogP contribution in [0.3, 0.4) is 0 Å². The van der Waals surface area contributed by atoms with Crippen molar-refractivity contribution < 1.29 is 14.3 Å². The quantitative estimate of drug-likeness (QED) is 0.351. The highest BCUT2D eigenvalue weighted by Crippen LogP contribution is 1.94. The molecule has 10 heavy (non-hydrogen) atoms. The van der Waals surface area contributed by atoms with Crippen molar-refractivity contribution in [3.8, 4) is 0 Å². The summed E-state index contributed by atoms with van der Waals surface area (Å²) in [6.07, 6.45) is 0.339. The fourth-order valence-corrected chi connectivity index (χ4v) is 0.858. The summed E-state index contributed by atoms with van der Waals surface area (Å²) in [5.41, 5.74) is 0. The summed E-state index contributed by atoms with van der Waals surface area (Å²) < 4.78 is 4.98. The van der Waals surface area contributed by atoms with Gasteiger partial charge in [-0.05, 0) is 0 Å². The van der Waals surface area contributed by atoms with Gasteiger partial charge in [0.2, 0.25) is 6.29 Å². The van der Waals surface area contributed by atoms with Crippen LogP contribution >= 0.6 is 0 Å². The molecule has 1 amide bonds. The third-order valence-corrected chi connectivity index (χ3v) is 1.42. The molecule has 1 aliphatic heterocycles. The van der Waals surface area contributed by atoms with Crippen molar-refractivity contribution in [1.82, 2.24) is 4.90 Å². The number of rotatable bonds is 1. The van der Waals surface area contributed by atoms with Crippen LogP contribution in [-0.2, 0) is 14.3 Å². The Morgan fingerprint density at radius 1 is 1.40 bits per heavy atom. The maximum absolute atomic E-state index is 10.7. The van der Waals surface area contributed by atoms with Gasteiger partial charge >= 0.3 is 0 Å². The Bertz CT molecular complexity index is 140. The second-order valence-corrected chi connectivity index (χ2v) is 2.06. The molecule has 56 valence electrons. The topological polar surface area (TPSA) is 46.6 Å². The highest BCUT2D eigenvalue weighted by molar-refractivity contribution is 6.23. The minimum atomic E-state index is -0.441. The molecule has 0 spiro atoms. The van der Waals surface area contributed by atoms with E-state index in [0.29, 0.717) is 32.6 Å². The monoisotopic (exact) mass is 143 g/mol. The molecule has 0 aromatic heterocycles. The third kappa shape index (κ3) is 1.54. The van der Waals surface area contributed by atoms with Crippen LogP contribution in [0.5, 0.6) is 0 Å². The van der Waals surface area contributed by atoms with E-state index in [1.165, 1.54) is 4.90 Å². The highest BCUT2D eigenvalue weighted by Gasteiger charge is 2.14. The normalized spacial score (nSPS) is 18.6. The number of nitrogens with zero attached hydrogens (tertiary/aromatic N) is 1. The molecule has 0 radical (unpaired) electrons. The summed E-state index contributed by atoms with van der Waals surface area (Å²) in [6.45, 7) is 2.16.